The van der Waals surface area contributed by atoms with Gasteiger partial charge in [0.15, 0.2) is 0 Å². The van der Waals surface area contributed by atoms with Crippen LogP contribution in [0.5, 0.6) is 0 Å². The molecule has 0 saturated carbocycles. The number of aromatic nitrogens is 1. The van der Waals surface area contributed by atoms with Crippen molar-refractivity contribution in [2.24, 2.45) is 0 Å². The van der Waals surface area contributed by atoms with Crippen molar-refractivity contribution in [3.05, 3.63) is 17.2 Å². The van der Waals surface area contributed by atoms with E-state index in [4.69, 9.17) is 16.3 Å². The highest BCUT2D eigenvalue weighted by Gasteiger charge is 2.20. The first-order valence-electron chi connectivity index (χ1n) is 4.62. The fourth-order valence-electron chi connectivity index (χ4n) is 1.46. The number of nitrogens with two attached hydrogens (primary N) is 1. The van der Waals surface area contributed by atoms with E-state index >= 15 is 0 Å². The molecular weight excluding hydrogens is 190 g/mol. The van der Waals surface area contributed by atoms with Crippen molar-refractivity contribution in [1.29, 1.82) is 10.5 Å². The third kappa shape index (κ3) is 1.44. The number of hydrogen-bond acceptors (Lipinski definition) is 5. The number of anilines is 2. The molecule has 0 spiro atoms. The maximum atomic E-state index is 8.93. The molecule has 2 N–H and O–H groups in total. The molecule has 5 heteroatoms. The average molecular weight is 199 g/mol. The Labute approximate surface area is 87.4 Å². The summed E-state index contributed by atoms with van der Waals surface area (Å²) in [6.07, 6.45) is 1.10. The van der Waals surface area contributed by atoms with Gasteiger partial charge in [-0.1, -0.05) is 0 Å². The first kappa shape index (κ1) is 9.29. The van der Waals surface area contributed by atoms with Crippen molar-refractivity contribution >= 4 is 11.6 Å². The number of nitrogens with zero attached hydrogens (tertiary/aromatic N) is 4. The molecule has 1 fully saturated rings. The summed E-state index contributed by atoms with van der Waals surface area (Å²) in [5.41, 5.74) is 6.28. The molecule has 1 aromatic heterocycles. The third-order valence-corrected chi connectivity index (χ3v) is 2.43. The third-order valence-electron chi connectivity index (χ3n) is 2.43. The van der Waals surface area contributed by atoms with Gasteiger partial charge < -0.3 is 10.6 Å². The molecule has 0 aliphatic carbocycles. The largest absolute Gasteiger partial charge is 0.383 e. The molecule has 2 heterocycles. The van der Waals surface area contributed by atoms with Crippen molar-refractivity contribution < 1.29 is 0 Å². The normalized spacial score (nSPS) is 13.9. The van der Waals surface area contributed by atoms with E-state index in [0.29, 0.717) is 11.4 Å². The van der Waals surface area contributed by atoms with E-state index in [1.807, 2.05) is 17.0 Å². The van der Waals surface area contributed by atoms with Crippen molar-refractivity contribution in [2.75, 3.05) is 23.7 Å². The van der Waals surface area contributed by atoms with E-state index in [-0.39, 0.29) is 11.4 Å². The quantitative estimate of drug-likeness (QED) is 0.715. The van der Waals surface area contributed by atoms with E-state index in [0.717, 1.165) is 19.5 Å². The molecule has 0 radical (unpaired) electrons. The number of pyridine rings is 1. The smallest absolute Gasteiger partial charge is 0.149 e. The molecule has 15 heavy (non-hydrogen) atoms. The van der Waals surface area contributed by atoms with Crippen molar-refractivity contribution in [1.82, 2.24) is 4.98 Å². The van der Waals surface area contributed by atoms with Crippen LogP contribution in [0.3, 0.4) is 0 Å². The zero-order valence-electron chi connectivity index (χ0n) is 8.06. The predicted octanol–water partition coefficient (Wildman–Crippen LogP) is 0.617. The summed E-state index contributed by atoms with van der Waals surface area (Å²) in [5, 5.41) is 17.7. The monoisotopic (exact) mass is 199 g/mol. The Balaban J connectivity index is 2.51. The zero-order valence-corrected chi connectivity index (χ0v) is 8.06. The second-order valence-corrected chi connectivity index (χ2v) is 3.36. The molecule has 0 unspecified atom stereocenters. The summed E-state index contributed by atoms with van der Waals surface area (Å²) in [7, 11) is 0. The van der Waals surface area contributed by atoms with Gasteiger partial charge >= 0.3 is 0 Å². The van der Waals surface area contributed by atoms with Crippen molar-refractivity contribution in [2.45, 2.75) is 6.42 Å². The molecule has 74 valence electrons. The minimum absolute atomic E-state index is 0.193. The molecule has 0 bridgehead atoms. The maximum absolute atomic E-state index is 8.93. The lowest BCUT2D eigenvalue weighted by atomic mass is 10.1. The Kier molecular flexibility index (Phi) is 2.15. The van der Waals surface area contributed by atoms with Gasteiger partial charge in [-0.25, -0.2) is 4.98 Å². The highest BCUT2D eigenvalue weighted by atomic mass is 15.2. The fraction of sp³-hybridized carbons (Fsp3) is 0.300. The van der Waals surface area contributed by atoms with Gasteiger partial charge in [-0.05, 0) is 12.5 Å². The lowest BCUT2D eigenvalue weighted by molar-refractivity contribution is 0.609. The molecule has 0 aromatic carbocycles. The Morgan fingerprint density at radius 2 is 1.93 bits per heavy atom. The van der Waals surface area contributed by atoms with Crippen LogP contribution in [0.4, 0.5) is 11.6 Å². The summed E-state index contributed by atoms with van der Waals surface area (Å²) >= 11 is 0. The van der Waals surface area contributed by atoms with Gasteiger partial charge in [-0.15, -0.1) is 0 Å². The number of nitriles is 2. The summed E-state index contributed by atoms with van der Waals surface area (Å²) < 4.78 is 0. The van der Waals surface area contributed by atoms with Crippen LogP contribution < -0.4 is 10.6 Å². The van der Waals surface area contributed by atoms with Gasteiger partial charge in [-0.2, -0.15) is 10.5 Å². The van der Waals surface area contributed by atoms with Gasteiger partial charge in [0.25, 0.3) is 0 Å². The second kappa shape index (κ2) is 3.47. The predicted molar refractivity (Wildman–Crippen MR) is 54.9 cm³/mol. The Bertz CT molecular complexity index is 476. The van der Waals surface area contributed by atoms with Gasteiger partial charge in [-0.3, -0.25) is 0 Å². The van der Waals surface area contributed by atoms with Crippen LogP contribution in [0.15, 0.2) is 6.07 Å². The SMILES string of the molecule is N#Cc1cc(C#N)c(N2CCC2)nc1N. The first-order valence-corrected chi connectivity index (χ1v) is 4.62. The van der Waals surface area contributed by atoms with Gasteiger partial charge in [0.2, 0.25) is 0 Å². The molecule has 1 aliphatic rings. The number of nitrogen functional groups attached to an aromatic ring is 1. The lowest BCUT2D eigenvalue weighted by Gasteiger charge is -2.32. The molecule has 5 nitrogen and oxygen atoms in total. The summed E-state index contributed by atoms with van der Waals surface area (Å²) in [6, 6.07) is 5.45. The van der Waals surface area contributed by atoms with E-state index in [2.05, 4.69) is 4.98 Å². The highest BCUT2D eigenvalue weighted by Crippen LogP contribution is 2.25. The fourth-order valence-corrected chi connectivity index (χ4v) is 1.46. The summed E-state index contributed by atoms with van der Waals surface area (Å²) in [4.78, 5) is 6.08. The van der Waals surface area contributed by atoms with Crippen LogP contribution >= 0.6 is 0 Å². The van der Waals surface area contributed by atoms with E-state index in [1.165, 1.54) is 6.07 Å². The molecule has 1 saturated heterocycles. The topological polar surface area (TPSA) is 89.7 Å². The standard InChI is InChI=1S/C10H9N5/c11-5-7-4-8(6-12)10(14-9(7)13)15-2-1-3-15/h4H,1-3H2,(H2,13,14). The molecule has 0 atom stereocenters. The Morgan fingerprint density at radius 3 is 2.40 bits per heavy atom. The minimum Gasteiger partial charge on any atom is -0.383 e. The first-order chi connectivity index (χ1) is 7.26. The summed E-state index contributed by atoms with van der Waals surface area (Å²) in [5.74, 6) is 0.790. The van der Waals surface area contributed by atoms with Gasteiger partial charge in [0.05, 0.1) is 11.1 Å². The Hall–Kier alpha value is -2.27. The van der Waals surface area contributed by atoms with Gasteiger partial charge in [0, 0.05) is 13.1 Å². The van der Waals surface area contributed by atoms with Crippen molar-refractivity contribution in [3.8, 4) is 12.1 Å². The molecule has 0 amide bonds. The lowest BCUT2D eigenvalue weighted by Crippen LogP contribution is -2.38. The van der Waals surface area contributed by atoms with Crippen LogP contribution in [-0.4, -0.2) is 18.1 Å². The molecule has 2 rings (SSSR count). The average Bonchev–Trinajstić information content (AvgIpc) is 2.16. The van der Waals surface area contributed by atoms with E-state index < -0.39 is 0 Å². The van der Waals surface area contributed by atoms with Gasteiger partial charge in [0.1, 0.15) is 23.8 Å². The van der Waals surface area contributed by atoms with Crippen LogP contribution in [0.25, 0.3) is 0 Å². The van der Waals surface area contributed by atoms with E-state index in [9.17, 15) is 0 Å². The van der Waals surface area contributed by atoms with Crippen LogP contribution in [0.1, 0.15) is 17.5 Å². The Morgan fingerprint density at radius 1 is 1.27 bits per heavy atom. The molecule has 1 aliphatic heterocycles. The van der Waals surface area contributed by atoms with Crippen LogP contribution in [0.2, 0.25) is 0 Å². The number of rotatable bonds is 1. The highest BCUT2D eigenvalue weighted by molar-refractivity contribution is 5.63. The summed E-state index contributed by atoms with van der Waals surface area (Å²) in [6.45, 7) is 1.79. The zero-order chi connectivity index (χ0) is 10.8. The maximum Gasteiger partial charge on any atom is 0.149 e. The van der Waals surface area contributed by atoms with Crippen LogP contribution in [-0.2, 0) is 0 Å². The van der Waals surface area contributed by atoms with Crippen LogP contribution in [0, 0.1) is 22.7 Å². The molecule has 1 aromatic rings. The second-order valence-electron chi connectivity index (χ2n) is 3.36. The number of hydrogen-bond donors (Lipinski definition) is 1. The molecular formula is C10H9N5. The van der Waals surface area contributed by atoms with Crippen molar-refractivity contribution in [3.63, 3.8) is 0 Å². The minimum atomic E-state index is 0.193. The van der Waals surface area contributed by atoms with E-state index in [1.54, 1.807) is 0 Å².